The predicted octanol–water partition coefficient (Wildman–Crippen LogP) is 4.09. The molecule has 21 heavy (non-hydrogen) atoms. The van der Waals surface area contributed by atoms with Crippen molar-refractivity contribution >= 4 is 29.1 Å². The largest absolute Gasteiger partial charge is 0.350 e. The lowest BCUT2D eigenvalue weighted by Crippen LogP contribution is -2.50. The maximum atomic E-state index is 13.5. The van der Waals surface area contributed by atoms with Crippen molar-refractivity contribution in [1.82, 2.24) is 10.6 Å². The molecule has 0 aromatic heterocycles. The summed E-state index contributed by atoms with van der Waals surface area (Å²) in [4.78, 5) is 12.0. The van der Waals surface area contributed by atoms with E-state index in [9.17, 15) is 9.18 Å². The van der Waals surface area contributed by atoms with E-state index in [2.05, 4.69) is 10.6 Å². The average molecular weight is 335 g/mol. The molecular weight excluding hydrogens is 314 g/mol. The Kier molecular flexibility index (Phi) is 6.02. The van der Waals surface area contributed by atoms with Crippen LogP contribution in [-0.2, 0) is 4.79 Å². The van der Waals surface area contributed by atoms with E-state index in [0.29, 0.717) is 10.6 Å². The van der Waals surface area contributed by atoms with Gasteiger partial charge in [0.25, 0.3) is 0 Å². The number of carbonyl (C=O) groups excluding carboxylic acids is 1. The number of rotatable bonds is 4. The van der Waals surface area contributed by atoms with Gasteiger partial charge in [-0.05, 0) is 52.3 Å². The van der Waals surface area contributed by atoms with Gasteiger partial charge in [-0.3, -0.25) is 10.1 Å². The van der Waals surface area contributed by atoms with Gasteiger partial charge in [-0.1, -0.05) is 23.2 Å². The molecule has 1 amide bonds. The highest BCUT2D eigenvalue weighted by atomic mass is 35.5. The molecule has 0 aliphatic carbocycles. The van der Waals surface area contributed by atoms with Crippen LogP contribution in [0.15, 0.2) is 12.1 Å². The summed E-state index contributed by atoms with van der Waals surface area (Å²) < 4.78 is 13.5. The lowest BCUT2D eigenvalue weighted by atomic mass is 10.1. The predicted molar refractivity (Wildman–Crippen MR) is 85.3 cm³/mol. The van der Waals surface area contributed by atoms with E-state index in [1.165, 1.54) is 12.1 Å². The minimum Gasteiger partial charge on any atom is -0.350 e. The molecule has 0 saturated carbocycles. The summed E-state index contributed by atoms with van der Waals surface area (Å²) in [5.41, 5.74) is 0.259. The third-order valence-corrected chi connectivity index (χ3v) is 3.51. The van der Waals surface area contributed by atoms with Crippen molar-refractivity contribution in [1.29, 1.82) is 0 Å². The molecule has 2 N–H and O–H groups in total. The highest BCUT2D eigenvalue weighted by Gasteiger charge is 2.22. The van der Waals surface area contributed by atoms with Crippen LogP contribution in [0.25, 0.3) is 0 Å². The number of amides is 1. The Morgan fingerprint density at radius 2 is 1.76 bits per heavy atom. The van der Waals surface area contributed by atoms with E-state index < -0.39 is 11.9 Å². The SMILES string of the molecule is CC(NC(C)c1cc(F)c(Cl)cc1Cl)C(=O)NC(C)(C)C. The molecule has 1 rings (SSSR count). The van der Waals surface area contributed by atoms with Crippen molar-refractivity contribution in [2.75, 3.05) is 0 Å². The first-order chi connectivity index (χ1) is 9.51. The van der Waals surface area contributed by atoms with Crippen LogP contribution in [0.5, 0.6) is 0 Å². The normalized spacial score (nSPS) is 14.7. The van der Waals surface area contributed by atoms with Crippen LogP contribution < -0.4 is 10.6 Å². The third-order valence-electron chi connectivity index (χ3n) is 2.90. The molecular formula is C15H21Cl2FN2O. The van der Waals surface area contributed by atoms with Crippen LogP contribution in [0.4, 0.5) is 4.39 Å². The second-order valence-corrected chi connectivity index (χ2v) is 6.95. The maximum absolute atomic E-state index is 13.5. The first kappa shape index (κ1) is 18.2. The van der Waals surface area contributed by atoms with Crippen molar-refractivity contribution in [2.45, 2.75) is 52.2 Å². The Hall–Kier alpha value is -0.840. The number of hydrogen-bond donors (Lipinski definition) is 2. The summed E-state index contributed by atoms with van der Waals surface area (Å²) in [7, 11) is 0. The smallest absolute Gasteiger partial charge is 0.237 e. The molecule has 118 valence electrons. The first-order valence-electron chi connectivity index (χ1n) is 6.74. The quantitative estimate of drug-likeness (QED) is 0.814. The summed E-state index contributed by atoms with van der Waals surface area (Å²) in [5.74, 6) is -0.656. The fourth-order valence-electron chi connectivity index (χ4n) is 1.89. The van der Waals surface area contributed by atoms with Crippen molar-refractivity contribution < 1.29 is 9.18 Å². The summed E-state index contributed by atoms with van der Waals surface area (Å²) >= 11 is 11.7. The van der Waals surface area contributed by atoms with E-state index in [0.717, 1.165) is 0 Å². The Morgan fingerprint density at radius 3 is 2.29 bits per heavy atom. The average Bonchev–Trinajstić information content (AvgIpc) is 2.31. The van der Waals surface area contributed by atoms with E-state index in [1.807, 2.05) is 27.7 Å². The van der Waals surface area contributed by atoms with Gasteiger partial charge in [0.05, 0.1) is 11.1 Å². The molecule has 0 radical (unpaired) electrons. The van der Waals surface area contributed by atoms with E-state index >= 15 is 0 Å². The standard InChI is InChI=1S/C15H21Cl2FN2O/c1-8(10-6-13(18)12(17)7-11(10)16)19-9(2)14(21)20-15(3,4)5/h6-9,19H,1-5H3,(H,20,21). The maximum Gasteiger partial charge on any atom is 0.237 e. The molecule has 0 bridgehead atoms. The summed E-state index contributed by atoms with van der Waals surface area (Å²) in [6, 6.07) is 1.93. The Bertz CT molecular complexity index is 529. The number of benzene rings is 1. The molecule has 0 aliphatic heterocycles. The van der Waals surface area contributed by atoms with Crippen LogP contribution in [0.1, 0.15) is 46.2 Å². The number of nitrogens with one attached hydrogen (secondary N) is 2. The van der Waals surface area contributed by atoms with Gasteiger partial charge in [-0.15, -0.1) is 0 Å². The Morgan fingerprint density at radius 1 is 1.19 bits per heavy atom. The summed E-state index contributed by atoms with van der Waals surface area (Å²) in [5, 5.41) is 6.33. The van der Waals surface area contributed by atoms with Gasteiger partial charge in [0.15, 0.2) is 0 Å². The van der Waals surface area contributed by atoms with Crippen LogP contribution in [0.2, 0.25) is 10.0 Å². The minimum absolute atomic E-state index is 0.0190. The lowest BCUT2D eigenvalue weighted by molar-refractivity contribution is -0.124. The zero-order valence-electron chi connectivity index (χ0n) is 12.9. The summed E-state index contributed by atoms with van der Waals surface area (Å²) in [6.45, 7) is 9.29. The van der Waals surface area contributed by atoms with Gasteiger partial charge in [-0.2, -0.15) is 0 Å². The van der Waals surface area contributed by atoms with Crippen molar-refractivity contribution in [3.63, 3.8) is 0 Å². The lowest BCUT2D eigenvalue weighted by Gasteiger charge is -2.26. The van der Waals surface area contributed by atoms with Gasteiger partial charge >= 0.3 is 0 Å². The zero-order chi connectivity index (χ0) is 16.4. The van der Waals surface area contributed by atoms with Gasteiger partial charge < -0.3 is 5.32 Å². The van der Waals surface area contributed by atoms with Gasteiger partial charge in [0.1, 0.15) is 5.82 Å². The van der Waals surface area contributed by atoms with Crippen LogP contribution >= 0.6 is 23.2 Å². The molecule has 0 aliphatic rings. The van der Waals surface area contributed by atoms with Gasteiger partial charge in [-0.25, -0.2) is 4.39 Å². The van der Waals surface area contributed by atoms with Gasteiger partial charge in [0.2, 0.25) is 5.91 Å². The molecule has 2 unspecified atom stereocenters. The second kappa shape index (κ2) is 6.95. The first-order valence-corrected chi connectivity index (χ1v) is 7.49. The molecule has 1 aromatic rings. The Labute approximate surface area is 135 Å². The number of hydrogen-bond acceptors (Lipinski definition) is 2. The molecule has 2 atom stereocenters. The van der Waals surface area contributed by atoms with E-state index in [1.54, 1.807) is 6.92 Å². The third kappa shape index (κ3) is 5.46. The molecule has 1 aromatic carbocycles. The topological polar surface area (TPSA) is 41.1 Å². The highest BCUT2D eigenvalue weighted by molar-refractivity contribution is 6.35. The second-order valence-electron chi connectivity index (χ2n) is 6.14. The van der Waals surface area contributed by atoms with Crippen molar-refractivity contribution in [3.05, 3.63) is 33.6 Å². The molecule has 0 heterocycles. The molecule has 0 saturated heterocycles. The molecule has 6 heteroatoms. The monoisotopic (exact) mass is 334 g/mol. The molecule has 0 spiro atoms. The Balaban J connectivity index is 2.79. The highest BCUT2D eigenvalue weighted by Crippen LogP contribution is 2.28. The fourth-order valence-corrected chi connectivity index (χ4v) is 2.43. The van der Waals surface area contributed by atoms with Crippen molar-refractivity contribution in [2.24, 2.45) is 0 Å². The van der Waals surface area contributed by atoms with E-state index in [4.69, 9.17) is 23.2 Å². The minimum atomic E-state index is -0.531. The summed E-state index contributed by atoms with van der Waals surface area (Å²) in [6.07, 6.45) is 0. The molecule has 0 fully saturated rings. The van der Waals surface area contributed by atoms with Crippen LogP contribution in [-0.4, -0.2) is 17.5 Å². The van der Waals surface area contributed by atoms with Gasteiger partial charge in [0, 0.05) is 16.6 Å². The number of halogens is 3. The van der Waals surface area contributed by atoms with Crippen LogP contribution in [0, 0.1) is 5.82 Å². The fraction of sp³-hybridized carbons (Fsp3) is 0.533. The molecule has 3 nitrogen and oxygen atoms in total. The van der Waals surface area contributed by atoms with E-state index in [-0.39, 0.29) is 22.5 Å². The zero-order valence-corrected chi connectivity index (χ0v) is 14.4. The number of carbonyl (C=O) groups is 1. The van der Waals surface area contributed by atoms with Crippen LogP contribution in [0.3, 0.4) is 0 Å². The van der Waals surface area contributed by atoms with Crippen molar-refractivity contribution in [3.8, 4) is 0 Å².